The van der Waals surface area contributed by atoms with Gasteiger partial charge in [-0.05, 0) is 6.07 Å². The van der Waals surface area contributed by atoms with E-state index in [-0.39, 0.29) is 6.10 Å². The Labute approximate surface area is 109 Å². The van der Waals surface area contributed by atoms with Crippen LogP contribution in [-0.2, 0) is 9.47 Å². The first-order chi connectivity index (χ1) is 7.29. The number of benzene rings is 1. The van der Waals surface area contributed by atoms with Crippen molar-refractivity contribution in [3.63, 3.8) is 0 Å². The second-order valence-corrected chi connectivity index (χ2v) is 4.32. The summed E-state index contributed by atoms with van der Waals surface area (Å²) in [6.07, 6.45) is 0.0504. The number of halogens is 2. The van der Waals surface area contributed by atoms with Crippen LogP contribution in [0.1, 0.15) is 11.7 Å². The molecule has 0 heterocycles. The molecule has 1 unspecified atom stereocenters. The maximum atomic E-state index is 6.10. The molecule has 2 nitrogen and oxygen atoms in total. The zero-order valence-electron chi connectivity index (χ0n) is 8.58. The lowest BCUT2D eigenvalue weighted by atomic mass is 10.1. The van der Waals surface area contributed by atoms with Gasteiger partial charge in [0.05, 0.1) is 19.3 Å². The van der Waals surface area contributed by atoms with E-state index in [9.17, 15) is 0 Å². The summed E-state index contributed by atoms with van der Waals surface area (Å²) in [5.74, 6) is 0. The van der Waals surface area contributed by atoms with Gasteiger partial charge in [0, 0.05) is 22.1 Å². The van der Waals surface area contributed by atoms with Gasteiger partial charge < -0.3 is 9.47 Å². The topological polar surface area (TPSA) is 18.5 Å². The third kappa shape index (κ3) is 4.26. The molecule has 0 amide bonds. The maximum absolute atomic E-state index is 6.10. The molecule has 0 spiro atoms. The molecule has 0 fully saturated rings. The van der Waals surface area contributed by atoms with Crippen molar-refractivity contribution in [3.8, 4) is 0 Å². The minimum absolute atomic E-state index is 0.0504. The third-order valence-corrected chi connectivity index (χ3v) is 3.14. The summed E-state index contributed by atoms with van der Waals surface area (Å²) in [5.41, 5.74) is 1.05. The Kier molecular flexibility index (Phi) is 6.56. The quantitative estimate of drug-likeness (QED) is 0.448. The molecule has 0 aromatic heterocycles. The first kappa shape index (κ1) is 13.2. The normalized spacial score (nSPS) is 12.7. The molecule has 0 saturated carbocycles. The van der Waals surface area contributed by atoms with Crippen molar-refractivity contribution in [1.29, 1.82) is 0 Å². The molecule has 1 aromatic rings. The largest absolute Gasteiger partial charge is 0.382 e. The van der Waals surface area contributed by atoms with Crippen LogP contribution >= 0.6 is 34.2 Å². The Morgan fingerprint density at radius 2 is 2.07 bits per heavy atom. The molecular formula is C11H14ClIO2. The second-order valence-electron chi connectivity index (χ2n) is 3.03. The molecule has 84 valence electrons. The average molecular weight is 341 g/mol. The molecule has 0 N–H and O–H groups in total. The summed E-state index contributed by atoms with van der Waals surface area (Å²) in [7, 11) is 1.66. The smallest absolute Gasteiger partial charge is 0.0929 e. The molecule has 4 heteroatoms. The highest BCUT2D eigenvalue weighted by Crippen LogP contribution is 2.26. The SMILES string of the molecule is COCCOC(CI)c1ccccc1Cl. The summed E-state index contributed by atoms with van der Waals surface area (Å²) in [6.45, 7) is 1.20. The number of ether oxygens (including phenoxy) is 2. The van der Waals surface area contributed by atoms with Gasteiger partial charge in [-0.2, -0.15) is 0 Å². The summed E-state index contributed by atoms with van der Waals surface area (Å²) in [5, 5.41) is 0.761. The van der Waals surface area contributed by atoms with Crippen LogP contribution in [0.4, 0.5) is 0 Å². The van der Waals surface area contributed by atoms with E-state index < -0.39 is 0 Å². The van der Waals surface area contributed by atoms with Crippen molar-refractivity contribution < 1.29 is 9.47 Å². The van der Waals surface area contributed by atoms with Gasteiger partial charge >= 0.3 is 0 Å². The Balaban J connectivity index is 2.61. The minimum Gasteiger partial charge on any atom is -0.382 e. The van der Waals surface area contributed by atoms with Crippen molar-refractivity contribution >= 4 is 34.2 Å². The van der Waals surface area contributed by atoms with Crippen LogP contribution in [0.15, 0.2) is 24.3 Å². The van der Waals surface area contributed by atoms with Gasteiger partial charge in [0.1, 0.15) is 0 Å². The van der Waals surface area contributed by atoms with E-state index in [0.29, 0.717) is 13.2 Å². The first-order valence-electron chi connectivity index (χ1n) is 4.70. The second kappa shape index (κ2) is 7.44. The van der Waals surface area contributed by atoms with E-state index >= 15 is 0 Å². The molecule has 0 aliphatic carbocycles. The molecule has 0 bridgehead atoms. The van der Waals surface area contributed by atoms with Gasteiger partial charge in [0.15, 0.2) is 0 Å². The van der Waals surface area contributed by atoms with Gasteiger partial charge in [0.2, 0.25) is 0 Å². The Morgan fingerprint density at radius 1 is 1.33 bits per heavy atom. The fourth-order valence-corrected chi connectivity index (χ4v) is 2.21. The average Bonchev–Trinajstić information content (AvgIpc) is 2.26. The number of rotatable bonds is 6. The minimum atomic E-state index is 0.0504. The lowest BCUT2D eigenvalue weighted by Gasteiger charge is -2.16. The standard InChI is InChI=1S/C11H14ClIO2/c1-14-6-7-15-11(8-13)9-4-2-3-5-10(9)12/h2-5,11H,6-8H2,1H3. The van der Waals surface area contributed by atoms with Crippen molar-refractivity contribution in [3.05, 3.63) is 34.9 Å². The van der Waals surface area contributed by atoms with Gasteiger partial charge in [-0.25, -0.2) is 0 Å². The summed E-state index contributed by atoms with van der Waals surface area (Å²) in [6, 6.07) is 7.78. The summed E-state index contributed by atoms with van der Waals surface area (Å²) in [4.78, 5) is 0. The van der Waals surface area contributed by atoms with Crippen molar-refractivity contribution in [2.75, 3.05) is 24.8 Å². The van der Waals surface area contributed by atoms with Crippen molar-refractivity contribution in [2.45, 2.75) is 6.10 Å². The molecule has 15 heavy (non-hydrogen) atoms. The highest BCUT2D eigenvalue weighted by molar-refractivity contribution is 14.1. The number of hydrogen-bond acceptors (Lipinski definition) is 2. The van der Waals surface area contributed by atoms with E-state index in [1.165, 1.54) is 0 Å². The van der Waals surface area contributed by atoms with Crippen LogP contribution in [0, 0.1) is 0 Å². The lowest BCUT2D eigenvalue weighted by Crippen LogP contribution is -2.10. The van der Waals surface area contributed by atoms with Crippen LogP contribution in [0.2, 0.25) is 5.02 Å². The lowest BCUT2D eigenvalue weighted by molar-refractivity contribution is 0.0293. The molecule has 0 aliphatic rings. The van der Waals surface area contributed by atoms with E-state index in [2.05, 4.69) is 22.6 Å². The van der Waals surface area contributed by atoms with Gasteiger partial charge in [-0.3, -0.25) is 0 Å². The Hall–Kier alpha value is 0.160. The monoisotopic (exact) mass is 340 g/mol. The number of methoxy groups -OCH3 is 1. The number of hydrogen-bond donors (Lipinski definition) is 0. The molecule has 0 aliphatic heterocycles. The predicted octanol–water partition coefficient (Wildman–Crippen LogP) is 3.48. The fourth-order valence-electron chi connectivity index (χ4n) is 1.23. The molecule has 1 aromatic carbocycles. The van der Waals surface area contributed by atoms with Crippen molar-refractivity contribution in [1.82, 2.24) is 0 Å². The molecule has 0 radical (unpaired) electrons. The third-order valence-electron chi connectivity index (χ3n) is 2.00. The molecular weight excluding hydrogens is 326 g/mol. The summed E-state index contributed by atoms with van der Waals surface area (Å²) >= 11 is 8.39. The highest BCUT2D eigenvalue weighted by Gasteiger charge is 2.13. The predicted molar refractivity (Wildman–Crippen MR) is 70.9 cm³/mol. The van der Waals surface area contributed by atoms with Crippen LogP contribution in [-0.4, -0.2) is 24.8 Å². The van der Waals surface area contributed by atoms with Gasteiger partial charge in [-0.1, -0.05) is 52.4 Å². The van der Waals surface area contributed by atoms with Crippen LogP contribution < -0.4 is 0 Å². The Bertz CT molecular complexity index is 294. The van der Waals surface area contributed by atoms with E-state index in [1.54, 1.807) is 7.11 Å². The van der Waals surface area contributed by atoms with Crippen molar-refractivity contribution in [2.24, 2.45) is 0 Å². The van der Waals surface area contributed by atoms with E-state index in [4.69, 9.17) is 21.1 Å². The van der Waals surface area contributed by atoms with E-state index in [0.717, 1.165) is 15.0 Å². The molecule has 0 saturated heterocycles. The van der Waals surface area contributed by atoms with Gasteiger partial charge in [0.25, 0.3) is 0 Å². The summed E-state index contributed by atoms with van der Waals surface area (Å²) < 4.78 is 11.5. The molecule has 1 rings (SSSR count). The highest BCUT2D eigenvalue weighted by atomic mass is 127. The zero-order valence-corrected chi connectivity index (χ0v) is 11.5. The first-order valence-corrected chi connectivity index (χ1v) is 6.61. The molecule has 1 atom stereocenters. The van der Waals surface area contributed by atoms with Crippen LogP contribution in [0.25, 0.3) is 0 Å². The van der Waals surface area contributed by atoms with Gasteiger partial charge in [-0.15, -0.1) is 0 Å². The maximum Gasteiger partial charge on any atom is 0.0929 e. The Morgan fingerprint density at radius 3 is 2.67 bits per heavy atom. The zero-order chi connectivity index (χ0) is 11.1. The van der Waals surface area contributed by atoms with Crippen LogP contribution in [0.3, 0.4) is 0 Å². The number of alkyl halides is 1. The van der Waals surface area contributed by atoms with Crippen LogP contribution in [0.5, 0.6) is 0 Å². The van der Waals surface area contributed by atoms with E-state index in [1.807, 2.05) is 24.3 Å². The fraction of sp³-hybridized carbons (Fsp3) is 0.455.